The van der Waals surface area contributed by atoms with Crippen LogP contribution >= 0.6 is 11.3 Å². The summed E-state index contributed by atoms with van der Waals surface area (Å²) in [6.45, 7) is 2.25. The summed E-state index contributed by atoms with van der Waals surface area (Å²) in [5, 5.41) is 6.69. The van der Waals surface area contributed by atoms with Gasteiger partial charge in [-0.3, -0.25) is 4.79 Å². The van der Waals surface area contributed by atoms with Crippen molar-refractivity contribution in [2.75, 3.05) is 25.0 Å². The Morgan fingerprint density at radius 1 is 1.53 bits per heavy atom. The molecule has 0 bridgehead atoms. The number of nitrogens with zero attached hydrogens (tertiary/aromatic N) is 1. The molecule has 1 amide bonds. The number of fused-ring (bicyclic) bond motifs is 1. The van der Waals surface area contributed by atoms with Crippen molar-refractivity contribution in [3.05, 3.63) is 24.3 Å². The van der Waals surface area contributed by atoms with Gasteiger partial charge in [-0.1, -0.05) is 23.5 Å². The molecule has 1 saturated heterocycles. The zero-order chi connectivity index (χ0) is 13.1. The normalized spacial score (nSPS) is 19.5. The van der Waals surface area contributed by atoms with Crippen molar-refractivity contribution in [2.24, 2.45) is 0 Å². The first kappa shape index (κ1) is 12.5. The quantitative estimate of drug-likeness (QED) is 0.895. The summed E-state index contributed by atoms with van der Waals surface area (Å²) < 4.78 is 6.58. The van der Waals surface area contributed by atoms with Crippen LogP contribution in [0.5, 0.6) is 0 Å². The predicted molar refractivity (Wildman–Crippen MR) is 75.5 cm³/mol. The Hall–Kier alpha value is -1.50. The van der Waals surface area contributed by atoms with E-state index in [0.717, 1.165) is 23.3 Å². The first-order chi connectivity index (χ1) is 9.31. The topological polar surface area (TPSA) is 63.2 Å². The summed E-state index contributed by atoms with van der Waals surface area (Å²) in [5.41, 5.74) is 0.915. The van der Waals surface area contributed by atoms with Gasteiger partial charge in [0.25, 0.3) is 0 Å². The molecular weight excluding hydrogens is 262 g/mol. The highest BCUT2D eigenvalue weighted by Crippen LogP contribution is 2.25. The van der Waals surface area contributed by atoms with Crippen LogP contribution in [0.15, 0.2) is 24.3 Å². The standard InChI is InChI=1S/C13H15N3O2S/c17-12(7-9-8-14-5-6-18-9)16-13-15-10-3-1-2-4-11(10)19-13/h1-4,9,14H,5-8H2,(H,15,16,17). The molecule has 2 aromatic rings. The van der Waals surface area contributed by atoms with E-state index in [-0.39, 0.29) is 12.0 Å². The number of anilines is 1. The summed E-state index contributed by atoms with van der Waals surface area (Å²) >= 11 is 1.49. The summed E-state index contributed by atoms with van der Waals surface area (Å²) in [6.07, 6.45) is 0.325. The summed E-state index contributed by atoms with van der Waals surface area (Å²) in [6, 6.07) is 7.84. The van der Waals surface area contributed by atoms with Gasteiger partial charge in [-0.05, 0) is 12.1 Å². The largest absolute Gasteiger partial charge is 0.375 e. The number of hydrogen-bond donors (Lipinski definition) is 2. The third-order valence-electron chi connectivity index (χ3n) is 2.96. The highest BCUT2D eigenvalue weighted by atomic mass is 32.1. The lowest BCUT2D eigenvalue weighted by atomic mass is 10.2. The van der Waals surface area contributed by atoms with Gasteiger partial charge in [-0.25, -0.2) is 4.98 Å². The van der Waals surface area contributed by atoms with Crippen LogP contribution in [0.4, 0.5) is 5.13 Å². The van der Waals surface area contributed by atoms with E-state index in [2.05, 4.69) is 15.6 Å². The van der Waals surface area contributed by atoms with Gasteiger partial charge in [0.2, 0.25) is 5.91 Å². The van der Waals surface area contributed by atoms with Gasteiger partial charge in [0.05, 0.1) is 29.3 Å². The number of rotatable bonds is 3. The average molecular weight is 277 g/mol. The molecule has 19 heavy (non-hydrogen) atoms. The van der Waals surface area contributed by atoms with E-state index in [4.69, 9.17) is 4.74 Å². The van der Waals surface area contributed by atoms with E-state index in [1.165, 1.54) is 11.3 Å². The fraction of sp³-hybridized carbons (Fsp3) is 0.385. The zero-order valence-electron chi connectivity index (χ0n) is 10.4. The molecule has 3 rings (SSSR count). The molecular formula is C13H15N3O2S. The van der Waals surface area contributed by atoms with Crippen LogP contribution in [-0.4, -0.2) is 36.7 Å². The Labute approximate surface area is 115 Å². The lowest BCUT2D eigenvalue weighted by Gasteiger charge is -2.22. The molecule has 1 atom stereocenters. The number of amides is 1. The van der Waals surface area contributed by atoms with Crippen molar-refractivity contribution in [1.29, 1.82) is 0 Å². The third-order valence-corrected chi connectivity index (χ3v) is 3.91. The number of para-hydroxylation sites is 1. The molecule has 1 fully saturated rings. The molecule has 2 N–H and O–H groups in total. The van der Waals surface area contributed by atoms with Crippen molar-refractivity contribution >= 4 is 32.6 Å². The average Bonchev–Trinajstić information content (AvgIpc) is 2.81. The SMILES string of the molecule is O=C(CC1CNCCO1)Nc1nc2ccccc2s1. The molecule has 1 aromatic carbocycles. The van der Waals surface area contributed by atoms with E-state index in [1.54, 1.807) is 0 Å². The van der Waals surface area contributed by atoms with Crippen LogP contribution < -0.4 is 10.6 Å². The Morgan fingerprint density at radius 2 is 2.42 bits per heavy atom. The van der Waals surface area contributed by atoms with Crippen molar-refractivity contribution < 1.29 is 9.53 Å². The maximum Gasteiger partial charge on any atom is 0.228 e. The number of benzene rings is 1. The van der Waals surface area contributed by atoms with Gasteiger partial charge in [-0.15, -0.1) is 0 Å². The van der Waals surface area contributed by atoms with Gasteiger partial charge in [0, 0.05) is 13.1 Å². The van der Waals surface area contributed by atoms with E-state index in [1.807, 2.05) is 24.3 Å². The van der Waals surface area contributed by atoms with Crippen LogP contribution in [0.25, 0.3) is 10.2 Å². The molecule has 1 unspecified atom stereocenters. The van der Waals surface area contributed by atoms with Gasteiger partial charge < -0.3 is 15.4 Å². The fourth-order valence-electron chi connectivity index (χ4n) is 2.05. The molecule has 100 valence electrons. The Bertz CT molecular complexity index is 545. The molecule has 2 heterocycles. The van der Waals surface area contributed by atoms with Gasteiger partial charge in [0.1, 0.15) is 0 Å². The lowest BCUT2D eigenvalue weighted by Crippen LogP contribution is -2.40. The Kier molecular flexibility index (Phi) is 3.72. The first-order valence-electron chi connectivity index (χ1n) is 6.29. The van der Waals surface area contributed by atoms with E-state index in [0.29, 0.717) is 18.2 Å². The molecule has 5 nitrogen and oxygen atoms in total. The highest BCUT2D eigenvalue weighted by molar-refractivity contribution is 7.22. The van der Waals surface area contributed by atoms with Crippen LogP contribution in [0.2, 0.25) is 0 Å². The summed E-state index contributed by atoms with van der Waals surface area (Å²) in [5.74, 6) is -0.0484. The van der Waals surface area contributed by atoms with Crippen molar-refractivity contribution in [1.82, 2.24) is 10.3 Å². The molecule has 0 saturated carbocycles. The monoisotopic (exact) mass is 277 g/mol. The minimum absolute atomic E-state index is 0.0388. The van der Waals surface area contributed by atoms with Crippen molar-refractivity contribution in [3.63, 3.8) is 0 Å². The van der Waals surface area contributed by atoms with Crippen molar-refractivity contribution in [2.45, 2.75) is 12.5 Å². The second-order valence-corrected chi connectivity index (χ2v) is 5.47. The molecule has 1 aromatic heterocycles. The molecule has 0 radical (unpaired) electrons. The number of aromatic nitrogens is 1. The second kappa shape index (κ2) is 5.64. The molecule has 1 aliphatic heterocycles. The van der Waals surface area contributed by atoms with Crippen LogP contribution in [0, 0.1) is 0 Å². The maximum atomic E-state index is 11.9. The Balaban J connectivity index is 1.62. The number of thiazole rings is 1. The van der Waals surface area contributed by atoms with Crippen LogP contribution in [-0.2, 0) is 9.53 Å². The van der Waals surface area contributed by atoms with Crippen molar-refractivity contribution in [3.8, 4) is 0 Å². The van der Waals surface area contributed by atoms with Crippen LogP contribution in [0.1, 0.15) is 6.42 Å². The minimum atomic E-state index is -0.0484. The molecule has 1 aliphatic rings. The lowest BCUT2D eigenvalue weighted by molar-refractivity contribution is -0.119. The maximum absolute atomic E-state index is 11.9. The number of nitrogens with one attached hydrogen (secondary N) is 2. The third kappa shape index (κ3) is 3.09. The van der Waals surface area contributed by atoms with E-state index >= 15 is 0 Å². The fourth-order valence-corrected chi connectivity index (χ4v) is 2.94. The smallest absolute Gasteiger partial charge is 0.228 e. The molecule has 0 spiro atoms. The zero-order valence-corrected chi connectivity index (χ0v) is 11.2. The summed E-state index contributed by atoms with van der Waals surface area (Å²) in [4.78, 5) is 16.3. The number of carbonyl (C=O) groups excluding carboxylic acids is 1. The Morgan fingerprint density at radius 3 is 3.21 bits per heavy atom. The predicted octanol–water partition coefficient (Wildman–Crippen LogP) is 1.61. The second-order valence-electron chi connectivity index (χ2n) is 4.44. The van der Waals surface area contributed by atoms with Gasteiger partial charge in [-0.2, -0.15) is 0 Å². The number of hydrogen-bond acceptors (Lipinski definition) is 5. The number of ether oxygens (including phenoxy) is 1. The van der Waals surface area contributed by atoms with E-state index < -0.39 is 0 Å². The van der Waals surface area contributed by atoms with Crippen LogP contribution in [0.3, 0.4) is 0 Å². The number of morpholine rings is 1. The minimum Gasteiger partial charge on any atom is -0.375 e. The van der Waals surface area contributed by atoms with Gasteiger partial charge in [0.15, 0.2) is 5.13 Å². The van der Waals surface area contributed by atoms with E-state index in [9.17, 15) is 4.79 Å². The highest BCUT2D eigenvalue weighted by Gasteiger charge is 2.18. The number of carbonyl (C=O) groups is 1. The summed E-state index contributed by atoms with van der Waals surface area (Å²) in [7, 11) is 0. The van der Waals surface area contributed by atoms with Gasteiger partial charge >= 0.3 is 0 Å². The molecule has 0 aliphatic carbocycles. The first-order valence-corrected chi connectivity index (χ1v) is 7.10. The molecule has 6 heteroatoms.